The molecule has 0 atom stereocenters. The molecule has 0 radical (unpaired) electrons. The molecule has 8 heteroatoms. The van der Waals surface area contributed by atoms with Crippen LogP contribution in [-0.2, 0) is 13.1 Å². The average Bonchev–Trinajstić information content (AvgIpc) is 2.63. The number of hydrogen-bond donors (Lipinski definition) is 1. The van der Waals surface area contributed by atoms with Crippen molar-refractivity contribution in [2.45, 2.75) is 13.1 Å². The molecular formula is C18H23IN4O3. The minimum atomic E-state index is -0.397. The Kier molecular flexibility index (Phi) is 8.83. The lowest BCUT2D eigenvalue weighted by Gasteiger charge is -2.23. The van der Waals surface area contributed by atoms with E-state index in [1.165, 1.54) is 6.07 Å². The molecule has 0 aliphatic heterocycles. The standard InChI is InChI=1S/C18H22N4O3.HI/c1-19-18(20-12-14-7-6-9-16(11-14)22(23)24)21(2)13-15-8-4-5-10-17(15)25-3;/h4-11H,12-13H2,1-3H3,(H,19,20);1H. The summed E-state index contributed by atoms with van der Waals surface area (Å²) in [6.07, 6.45) is 0. The zero-order chi connectivity index (χ0) is 18.2. The van der Waals surface area contributed by atoms with Crippen LogP contribution in [0.4, 0.5) is 5.69 Å². The SMILES string of the molecule is CN=C(NCc1cccc([N+](=O)[O-])c1)N(C)Cc1ccccc1OC.I. The monoisotopic (exact) mass is 470 g/mol. The minimum Gasteiger partial charge on any atom is -0.496 e. The lowest BCUT2D eigenvalue weighted by atomic mass is 10.2. The zero-order valence-corrected chi connectivity index (χ0v) is 17.3. The van der Waals surface area contributed by atoms with Gasteiger partial charge in [0.2, 0.25) is 0 Å². The van der Waals surface area contributed by atoms with Crippen molar-refractivity contribution in [1.29, 1.82) is 0 Å². The Morgan fingerprint density at radius 1 is 1.27 bits per heavy atom. The molecule has 2 aromatic carbocycles. The predicted molar refractivity (Wildman–Crippen MR) is 113 cm³/mol. The summed E-state index contributed by atoms with van der Waals surface area (Å²) in [7, 11) is 5.28. The molecule has 0 heterocycles. The highest BCUT2D eigenvalue weighted by Crippen LogP contribution is 2.19. The van der Waals surface area contributed by atoms with Crippen molar-refractivity contribution >= 4 is 35.6 Å². The van der Waals surface area contributed by atoms with Crippen LogP contribution in [0.15, 0.2) is 53.5 Å². The molecule has 0 saturated heterocycles. The molecule has 0 spiro atoms. The zero-order valence-electron chi connectivity index (χ0n) is 15.0. The Bertz CT molecular complexity index is 768. The second-order valence-corrected chi connectivity index (χ2v) is 5.50. The van der Waals surface area contributed by atoms with Crippen LogP contribution in [0.25, 0.3) is 0 Å². The van der Waals surface area contributed by atoms with Crippen LogP contribution in [0.1, 0.15) is 11.1 Å². The first-order chi connectivity index (χ1) is 12.0. The number of para-hydroxylation sites is 1. The van der Waals surface area contributed by atoms with Crippen LogP contribution >= 0.6 is 24.0 Å². The van der Waals surface area contributed by atoms with Gasteiger partial charge in [0, 0.05) is 44.9 Å². The van der Waals surface area contributed by atoms with Crippen LogP contribution in [0.3, 0.4) is 0 Å². The van der Waals surface area contributed by atoms with E-state index in [-0.39, 0.29) is 29.7 Å². The number of ether oxygens (including phenoxy) is 1. The Morgan fingerprint density at radius 2 is 2.00 bits per heavy atom. The van der Waals surface area contributed by atoms with Crippen LogP contribution in [-0.4, -0.2) is 37.0 Å². The maximum absolute atomic E-state index is 10.9. The maximum Gasteiger partial charge on any atom is 0.269 e. The third-order valence-electron chi connectivity index (χ3n) is 3.75. The molecule has 1 N–H and O–H groups in total. The van der Waals surface area contributed by atoms with Crippen LogP contribution in [0, 0.1) is 10.1 Å². The summed E-state index contributed by atoms with van der Waals surface area (Å²) in [5, 5.41) is 14.1. The molecule has 140 valence electrons. The van der Waals surface area contributed by atoms with Crippen molar-refractivity contribution in [3.8, 4) is 5.75 Å². The summed E-state index contributed by atoms with van der Waals surface area (Å²) < 4.78 is 5.37. The van der Waals surface area contributed by atoms with Crippen LogP contribution in [0.5, 0.6) is 5.75 Å². The van der Waals surface area contributed by atoms with E-state index in [1.807, 2.05) is 42.3 Å². The summed E-state index contributed by atoms with van der Waals surface area (Å²) in [5.41, 5.74) is 1.95. The first-order valence-corrected chi connectivity index (χ1v) is 7.82. The number of nitrogens with zero attached hydrogens (tertiary/aromatic N) is 3. The number of halogens is 1. The number of non-ortho nitro benzene ring substituents is 1. The minimum absolute atomic E-state index is 0. The van der Waals surface area contributed by atoms with E-state index in [0.717, 1.165) is 16.9 Å². The van der Waals surface area contributed by atoms with Gasteiger partial charge in [0.1, 0.15) is 5.75 Å². The van der Waals surface area contributed by atoms with E-state index in [1.54, 1.807) is 26.3 Å². The first-order valence-electron chi connectivity index (χ1n) is 7.82. The Balaban J connectivity index is 0.00000338. The number of nitrogens with one attached hydrogen (secondary N) is 1. The molecule has 0 unspecified atom stereocenters. The fraction of sp³-hybridized carbons (Fsp3) is 0.278. The van der Waals surface area contributed by atoms with Gasteiger partial charge in [0.25, 0.3) is 5.69 Å². The van der Waals surface area contributed by atoms with Gasteiger partial charge in [-0.3, -0.25) is 15.1 Å². The molecule has 0 aliphatic carbocycles. The lowest BCUT2D eigenvalue weighted by molar-refractivity contribution is -0.384. The summed E-state index contributed by atoms with van der Waals surface area (Å²) in [6.45, 7) is 1.07. The molecule has 26 heavy (non-hydrogen) atoms. The van der Waals surface area contributed by atoms with Crippen molar-refractivity contribution in [3.63, 3.8) is 0 Å². The number of methoxy groups -OCH3 is 1. The van der Waals surface area contributed by atoms with Gasteiger partial charge in [0.15, 0.2) is 5.96 Å². The number of hydrogen-bond acceptors (Lipinski definition) is 4. The lowest BCUT2D eigenvalue weighted by Crippen LogP contribution is -2.38. The van der Waals surface area contributed by atoms with Crippen LogP contribution < -0.4 is 10.1 Å². The highest BCUT2D eigenvalue weighted by molar-refractivity contribution is 14.0. The molecule has 0 aromatic heterocycles. The second-order valence-electron chi connectivity index (χ2n) is 5.50. The molecule has 0 bridgehead atoms. The van der Waals surface area contributed by atoms with Gasteiger partial charge in [-0.25, -0.2) is 0 Å². The van der Waals surface area contributed by atoms with Crippen LogP contribution in [0.2, 0.25) is 0 Å². The third-order valence-corrected chi connectivity index (χ3v) is 3.75. The molecule has 2 rings (SSSR count). The van der Waals surface area contributed by atoms with E-state index in [4.69, 9.17) is 4.74 Å². The molecule has 2 aromatic rings. The fourth-order valence-electron chi connectivity index (χ4n) is 2.51. The quantitative estimate of drug-likeness (QED) is 0.230. The summed E-state index contributed by atoms with van der Waals surface area (Å²) >= 11 is 0. The molecular weight excluding hydrogens is 447 g/mol. The number of guanidine groups is 1. The van der Waals surface area contributed by atoms with Gasteiger partial charge in [-0.05, 0) is 11.6 Å². The Morgan fingerprint density at radius 3 is 2.65 bits per heavy atom. The second kappa shape index (κ2) is 10.6. The highest BCUT2D eigenvalue weighted by Gasteiger charge is 2.11. The largest absolute Gasteiger partial charge is 0.496 e. The number of rotatable bonds is 6. The highest BCUT2D eigenvalue weighted by atomic mass is 127. The molecule has 7 nitrogen and oxygen atoms in total. The van der Waals surface area contributed by atoms with E-state index in [2.05, 4.69) is 10.3 Å². The van der Waals surface area contributed by atoms with Gasteiger partial charge < -0.3 is 15.0 Å². The van der Waals surface area contributed by atoms with Gasteiger partial charge >= 0.3 is 0 Å². The fourth-order valence-corrected chi connectivity index (χ4v) is 2.51. The molecule has 0 saturated carbocycles. The number of benzene rings is 2. The van der Waals surface area contributed by atoms with Crippen molar-refractivity contribution < 1.29 is 9.66 Å². The van der Waals surface area contributed by atoms with Gasteiger partial charge in [0.05, 0.1) is 12.0 Å². The smallest absolute Gasteiger partial charge is 0.269 e. The first kappa shape index (κ1) is 21.7. The molecule has 0 amide bonds. The molecule has 0 aliphatic rings. The normalized spacial score (nSPS) is 10.7. The van der Waals surface area contributed by atoms with Crippen molar-refractivity contribution in [3.05, 3.63) is 69.8 Å². The summed E-state index contributed by atoms with van der Waals surface area (Å²) in [5.74, 6) is 1.51. The van der Waals surface area contributed by atoms with Crippen molar-refractivity contribution in [1.82, 2.24) is 10.2 Å². The Hall–Kier alpha value is -2.36. The van der Waals surface area contributed by atoms with E-state index in [9.17, 15) is 10.1 Å². The average molecular weight is 470 g/mol. The topological polar surface area (TPSA) is 80.0 Å². The van der Waals surface area contributed by atoms with Gasteiger partial charge in [-0.15, -0.1) is 24.0 Å². The predicted octanol–water partition coefficient (Wildman–Crippen LogP) is 3.43. The van der Waals surface area contributed by atoms with Gasteiger partial charge in [-0.1, -0.05) is 30.3 Å². The summed E-state index contributed by atoms with van der Waals surface area (Å²) in [4.78, 5) is 16.7. The van der Waals surface area contributed by atoms with E-state index < -0.39 is 4.92 Å². The number of nitro benzene ring substituents is 1. The van der Waals surface area contributed by atoms with Crippen molar-refractivity contribution in [2.75, 3.05) is 21.2 Å². The van der Waals surface area contributed by atoms with Crippen molar-refractivity contribution in [2.24, 2.45) is 4.99 Å². The Labute approximate surface area is 170 Å². The third kappa shape index (κ3) is 5.87. The maximum atomic E-state index is 10.9. The van der Waals surface area contributed by atoms with E-state index in [0.29, 0.717) is 19.0 Å². The van der Waals surface area contributed by atoms with Gasteiger partial charge in [-0.2, -0.15) is 0 Å². The number of nitro groups is 1. The van der Waals surface area contributed by atoms with E-state index >= 15 is 0 Å². The molecule has 0 fully saturated rings. The summed E-state index contributed by atoms with van der Waals surface area (Å²) in [6, 6.07) is 14.4. The number of aliphatic imine (C=N–C) groups is 1.